The molecule has 0 fully saturated rings. The molecular weight excluding hydrogens is 322 g/mol. The summed E-state index contributed by atoms with van der Waals surface area (Å²) >= 11 is 0. The lowest BCUT2D eigenvalue weighted by Crippen LogP contribution is -2.27. The Balaban J connectivity index is 1.88. The molecule has 130 valence electrons. The Morgan fingerprint density at radius 1 is 1.00 bits per heavy atom. The van der Waals surface area contributed by atoms with Gasteiger partial charge in [-0.1, -0.05) is 24.3 Å². The molecule has 25 heavy (non-hydrogen) atoms. The number of para-hydroxylation sites is 1. The average molecular weight is 341 g/mol. The predicted molar refractivity (Wildman–Crippen MR) is 93.1 cm³/mol. The molecule has 2 aromatic carbocycles. The number of Topliss-reactive ketones (excluding diaryl/α,β-unsaturated/α-hetero) is 1. The first-order valence-corrected chi connectivity index (χ1v) is 7.73. The molecule has 0 aliphatic rings. The SMILES string of the molecule is Nc1ccccc1C(=O)Nc1ccc(CCCC(=O)C(=O)NO)cc1. The van der Waals surface area contributed by atoms with Crippen LogP contribution in [0.2, 0.25) is 0 Å². The van der Waals surface area contributed by atoms with Gasteiger partial charge in [0.2, 0.25) is 5.78 Å². The zero-order valence-corrected chi connectivity index (χ0v) is 13.5. The largest absolute Gasteiger partial charge is 0.398 e. The maximum absolute atomic E-state index is 12.2. The normalized spacial score (nSPS) is 10.1. The number of carbonyl (C=O) groups excluding carboxylic acids is 3. The number of nitrogens with two attached hydrogens (primary N) is 1. The van der Waals surface area contributed by atoms with Crippen molar-refractivity contribution >= 4 is 29.0 Å². The van der Waals surface area contributed by atoms with E-state index in [0.29, 0.717) is 29.8 Å². The van der Waals surface area contributed by atoms with Gasteiger partial charge in [0.1, 0.15) is 0 Å². The lowest BCUT2D eigenvalue weighted by atomic mass is 10.1. The zero-order valence-electron chi connectivity index (χ0n) is 13.5. The highest BCUT2D eigenvalue weighted by Crippen LogP contribution is 2.16. The minimum atomic E-state index is -1.00. The van der Waals surface area contributed by atoms with Gasteiger partial charge in [0, 0.05) is 17.8 Å². The van der Waals surface area contributed by atoms with Gasteiger partial charge < -0.3 is 11.1 Å². The third-order valence-corrected chi connectivity index (χ3v) is 3.64. The molecule has 0 saturated heterocycles. The topological polar surface area (TPSA) is 122 Å². The molecule has 2 amide bonds. The van der Waals surface area contributed by atoms with Crippen LogP contribution in [0.4, 0.5) is 11.4 Å². The van der Waals surface area contributed by atoms with Crippen molar-refractivity contribution < 1.29 is 19.6 Å². The van der Waals surface area contributed by atoms with Crippen LogP contribution >= 0.6 is 0 Å². The third-order valence-electron chi connectivity index (χ3n) is 3.64. The first kappa shape index (κ1) is 18.2. The number of hydroxylamine groups is 1. The smallest absolute Gasteiger partial charge is 0.310 e. The van der Waals surface area contributed by atoms with Crippen LogP contribution in [0.15, 0.2) is 48.5 Å². The van der Waals surface area contributed by atoms with Crippen molar-refractivity contribution in [1.82, 2.24) is 5.48 Å². The first-order chi connectivity index (χ1) is 12.0. The van der Waals surface area contributed by atoms with Crippen molar-refractivity contribution in [2.45, 2.75) is 19.3 Å². The number of benzene rings is 2. The van der Waals surface area contributed by atoms with Crippen molar-refractivity contribution in [1.29, 1.82) is 0 Å². The van der Waals surface area contributed by atoms with E-state index in [1.807, 2.05) is 12.1 Å². The number of aryl methyl sites for hydroxylation is 1. The van der Waals surface area contributed by atoms with E-state index in [4.69, 9.17) is 10.9 Å². The number of nitrogens with one attached hydrogen (secondary N) is 2. The highest BCUT2D eigenvalue weighted by Gasteiger charge is 2.12. The Labute approximate surface area is 144 Å². The van der Waals surface area contributed by atoms with E-state index in [0.717, 1.165) is 5.56 Å². The highest BCUT2D eigenvalue weighted by molar-refractivity contribution is 6.35. The number of nitrogen functional groups attached to an aromatic ring is 1. The number of amides is 2. The Kier molecular flexibility index (Phi) is 6.25. The quantitative estimate of drug-likeness (QED) is 0.265. The first-order valence-electron chi connectivity index (χ1n) is 7.73. The Morgan fingerprint density at radius 2 is 1.68 bits per heavy atom. The van der Waals surface area contributed by atoms with Gasteiger partial charge in [-0.25, -0.2) is 5.48 Å². The van der Waals surface area contributed by atoms with Gasteiger partial charge in [0.15, 0.2) is 0 Å². The monoisotopic (exact) mass is 341 g/mol. The van der Waals surface area contributed by atoms with E-state index >= 15 is 0 Å². The van der Waals surface area contributed by atoms with Gasteiger partial charge in [-0.2, -0.15) is 0 Å². The summed E-state index contributed by atoms with van der Waals surface area (Å²) in [6, 6.07) is 14.0. The summed E-state index contributed by atoms with van der Waals surface area (Å²) in [7, 11) is 0. The molecule has 0 aromatic heterocycles. The highest BCUT2D eigenvalue weighted by atomic mass is 16.5. The lowest BCUT2D eigenvalue weighted by molar-refractivity contribution is -0.143. The zero-order chi connectivity index (χ0) is 18.2. The summed E-state index contributed by atoms with van der Waals surface area (Å²) in [4.78, 5) is 34.3. The summed E-state index contributed by atoms with van der Waals surface area (Å²) in [6.45, 7) is 0. The number of hydrogen-bond acceptors (Lipinski definition) is 5. The van der Waals surface area contributed by atoms with Crippen LogP contribution in [0, 0.1) is 0 Å². The number of rotatable bonds is 7. The molecule has 0 aliphatic carbocycles. The number of carbonyl (C=O) groups is 3. The van der Waals surface area contributed by atoms with Crippen molar-refractivity contribution in [3.05, 3.63) is 59.7 Å². The van der Waals surface area contributed by atoms with Gasteiger partial charge in [-0.05, 0) is 42.7 Å². The minimum absolute atomic E-state index is 0.0537. The fourth-order valence-corrected chi connectivity index (χ4v) is 2.29. The maximum atomic E-state index is 12.2. The van der Waals surface area contributed by atoms with Crippen LogP contribution in [0.25, 0.3) is 0 Å². The third kappa shape index (κ3) is 5.15. The fraction of sp³-hybridized carbons (Fsp3) is 0.167. The van der Waals surface area contributed by atoms with Crippen LogP contribution in [-0.2, 0) is 16.0 Å². The van der Waals surface area contributed by atoms with Crippen molar-refractivity contribution in [3.8, 4) is 0 Å². The van der Waals surface area contributed by atoms with E-state index in [2.05, 4.69) is 5.32 Å². The molecule has 0 heterocycles. The van der Waals surface area contributed by atoms with Crippen LogP contribution in [0.5, 0.6) is 0 Å². The molecular formula is C18H19N3O4. The molecule has 7 heteroatoms. The Morgan fingerprint density at radius 3 is 2.32 bits per heavy atom. The molecule has 0 saturated carbocycles. The summed E-state index contributed by atoms with van der Waals surface area (Å²) in [5.41, 5.74) is 9.52. The van der Waals surface area contributed by atoms with E-state index in [1.54, 1.807) is 36.4 Å². The van der Waals surface area contributed by atoms with Crippen LogP contribution in [0.3, 0.4) is 0 Å². The van der Waals surface area contributed by atoms with Gasteiger partial charge in [0.05, 0.1) is 5.56 Å². The standard InChI is InChI=1S/C18H19N3O4/c19-15-6-2-1-5-14(15)17(23)20-13-10-8-12(9-11-13)4-3-7-16(22)18(24)21-25/h1-2,5-6,8-11,25H,3-4,7,19H2,(H,20,23)(H,21,24). The van der Waals surface area contributed by atoms with Gasteiger partial charge in [0.25, 0.3) is 5.91 Å². The van der Waals surface area contributed by atoms with Gasteiger partial charge in [-0.15, -0.1) is 0 Å². The lowest BCUT2D eigenvalue weighted by Gasteiger charge is -2.08. The van der Waals surface area contributed by atoms with E-state index in [-0.39, 0.29) is 12.3 Å². The Bertz CT molecular complexity index is 772. The van der Waals surface area contributed by atoms with Crippen molar-refractivity contribution in [2.24, 2.45) is 0 Å². The summed E-state index contributed by atoms with van der Waals surface area (Å²) < 4.78 is 0. The summed E-state index contributed by atoms with van der Waals surface area (Å²) in [6.07, 6.45) is 1.14. The number of hydrogen-bond donors (Lipinski definition) is 4. The van der Waals surface area contributed by atoms with Crippen LogP contribution < -0.4 is 16.5 Å². The van der Waals surface area contributed by atoms with E-state index < -0.39 is 11.7 Å². The second-order valence-corrected chi connectivity index (χ2v) is 5.46. The van der Waals surface area contributed by atoms with E-state index in [9.17, 15) is 14.4 Å². The van der Waals surface area contributed by atoms with Crippen LogP contribution in [0.1, 0.15) is 28.8 Å². The fourth-order valence-electron chi connectivity index (χ4n) is 2.29. The molecule has 0 atom stereocenters. The average Bonchev–Trinajstić information content (AvgIpc) is 2.62. The second kappa shape index (κ2) is 8.60. The summed E-state index contributed by atoms with van der Waals surface area (Å²) in [5.74, 6) is -1.95. The predicted octanol–water partition coefficient (Wildman–Crippen LogP) is 1.92. The molecule has 0 unspecified atom stereocenters. The number of anilines is 2. The molecule has 0 spiro atoms. The van der Waals surface area contributed by atoms with Gasteiger partial charge in [-0.3, -0.25) is 19.6 Å². The van der Waals surface area contributed by atoms with E-state index in [1.165, 1.54) is 5.48 Å². The maximum Gasteiger partial charge on any atom is 0.310 e. The van der Waals surface area contributed by atoms with Crippen LogP contribution in [-0.4, -0.2) is 22.8 Å². The van der Waals surface area contributed by atoms with Gasteiger partial charge >= 0.3 is 5.91 Å². The summed E-state index contributed by atoms with van der Waals surface area (Å²) in [5, 5.41) is 11.1. The molecule has 2 rings (SSSR count). The number of ketones is 1. The second-order valence-electron chi connectivity index (χ2n) is 5.46. The molecule has 5 N–H and O–H groups in total. The molecule has 7 nitrogen and oxygen atoms in total. The molecule has 2 aromatic rings. The molecule has 0 radical (unpaired) electrons. The van der Waals surface area contributed by atoms with Crippen molar-refractivity contribution in [2.75, 3.05) is 11.1 Å². The minimum Gasteiger partial charge on any atom is -0.398 e. The molecule has 0 aliphatic heterocycles. The Hall–Kier alpha value is -3.19. The van der Waals surface area contributed by atoms with Crippen molar-refractivity contribution in [3.63, 3.8) is 0 Å². The molecule has 0 bridgehead atoms.